The number of ether oxygens (including phenoxy) is 1. The van der Waals surface area contributed by atoms with E-state index in [4.69, 9.17) is 11.6 Å². The molecule has 0 spiro atoms. The van der Waals surface area contributed by atoms with Gasteiger partial charge in [-0.2, -0.15) is 4.39 Å². The summed E-state index contributed by atoms with van der Waals surface area (Å²) in [6.45, 7) is 0. The first kappa shape index (κ1) is 10.5. The minimum atomic E-state index is -1.41. The molecule has 0 aromatic carbocycles. The van der Waals surface area contributed by atoms with Gasteiger partial charge in [-0.1, -0.05) is 11.6 Å². The quantitative estimate of drug-likeness (QED) is 0.324. The van der Waals surface area contributed by atoms with Gasteiger partial charge < -0.3 is 9.94 Å². The predicted octanol–water partition coefficient (Wildman–Crippen LogP) is 1.03. The SMILES string of the molecule is COc1c[n+]([O-])c([N+](=O)[O-])c(F)c1Cl. The number of hydrogen-bond donors (Lipinski definition) is 0. The molecule has 0 atom stereocenters. The van der Waals surface area contributed by atoms with Crippen LogP contribution in [0, 0.1) is 21.1 Å². The van der Waals surface area contributed by atoms with Crippen LogP contribution in [0.15, 0.2) is 6.20 Å². The van der Waals surface area contributed by atoms with Crippen LogP contribution in [-0.2, 0) is 0 Å². The second-order valence-electron chi connectivity index (χ2n) is 2.23. The number of pyridine rings is 1. The van der Waals surface area contributed by atoms with Crippen LogP contribution < -0.4 is 9.47 Å². The molecular formula is C6H4ClFN2O4. The van der Waals surface area contributed by atoms with Crippen LogP contribution in [0.3, 0.4) is 0 Å². The van der Waals surface area contributed by atoms with Crippen molar-refractivity contribution in [1.82, 2.24) is 0 Å². The van der Waals surface area contributed by atoms with Crippen molar-refractivity contribution in [3.05, 3.63) is 32.4 Å². The molecule has 0 amide bonds. The third-order valence-electron chi connectivity index (χ3n) is 1.44. The zero-order chi connectivity index (χ0) is 10.9. The summed E-state index contributed by atoms with van der Waals surface area (Å²) < 4.78 is 17.4. The highest BCUT2D eigenvalue weighted by atomic mass is 35.5. The van der Waals surface area contributed by atoms with E-state index in [1.807, 2.05) is 0 Å². The van der Waals surface area contributed by atoms with Gasteiger partial charge in [0.2, 0.25) is 11.9 Å². The zero-order valence-electron chi connectivity index (χ0n) is 6.86. The van der Waals surface area contributed by atoms with Crippen LogP contribution >= 0.6 is 11.6 Å². The molecular weight excluding hydrogens is 219 g/mol. The normalized spacial score (nSPS) is 9.93. The first-order chi connectivity index (χ1) is 6.49. The van der Waals surface area contributed by atoms with Gasteiger partial charge in [0.05, 0.1) is 7.11 Å². The third-order valence-corrected chi connectivity index (χ3v) is 1.79. The minimum Gasteiger partial charge on any atom is -0.614 e. The fourth-order valence-corrected chi connectivity index (χ4v) is 1.04. The van der Waals surface area contributed by atoms with E-state index in [1.54, 1.807) is 0 Å². The van der Waals surface area contributed by atoms with Crippen molar-refractivity contribution in [3.8, 4) is 5.75 Å². The zero-order valence-corrected chi connectivity index (χ0v) is 7.62. The van der Waals surface area contributed by atoms with Gasteiger partial charge >= 0.3 is 5.82 Å². The van der Waals surface area contributed by atoms with Gasteiger partial charge in [0.15, 0.2) is 0 Å². The van der Waals surface area contributed by atoms with E-state index in [9.17, 15) is 19.7 Å². The Morgan fingerprint density at radius 1 is 1.71 bits per heavy atom. The fourth-order valence-electron chi connectivity index (χ4n) is 0.830. The molecule has 0 bridgehead atoms. The average Bonchev–Trinajstić information content (AvgIpc) is 2.10. The molecule has 0 radical (unpaired) electrons. The van der Waals surface area contributed by atoms with Crippen LogP contribution in [0.2, 0.25) is 5.02 Å². The van der Waals surface area contributed by atoms with E-state index >= 15 is 0 Å². The van der Waals surface area contributed by atoms with Gasteiger partial charge in [-0.15, -0.1) is 4.73 Å². The van der Waals surface area contributed by atoms with E-state index in [0.29, 0.717) is 6.20 Å². The fraction of sp³-hybridized carbons (Fsp3) is 0.167. The second kappa shape index (κ2) is 3.62. The number of rotatable bonds is 2. The van der Waals surface area contributed by atoms with Crippen molar-refractivity contribution in [1.29, 1.82) is 0 Å². The van der Waals surface area contributed by atoms with E-state index in [1.165, 1.54) is 0 Å². The number of nitro groups is 1. The summed E-state index contributed by atoms with van der Waals surface area (Å²) in [6.07, 6.45) is 0.684. The molecule has 0 unspecified atom stereocenters. The van der Waals surface area contributed by atoms with Crippen LogP contribution in [0.25, 0.3) is 0 Å². The number of halogens is 2. The molecule has 0 saturated carbocycles. The monoisotopic (exact) mass is 222 g/mol. The maximum absolute atomic E-state index is 13.1. The van der Waals surface area contributed by atoms with E-state index in [2.05, 4.69) is 4.74 Å². The maximum atomic E-state index is 13.1. The van der Waals surface area contributed by atoms with Crippen molar-refractivity contribution in [3.63, 3.8) is 0 Å². The molecule has 14 heavy (non-hydrogen) atoms. The van der Waals surface area contributed by atoms with Crippen LogP contribution in [0.1, 0.15) is 0 Å². The first-order valence-corrected chi connectivity index (χ1v) is 3.66. The molecule has 1 aromatic rings. The highest BCUT2D eigenvalue weighted by Gasteiger charge is 2.31. The molecule has 8 heteroatoms. The number of hydrogen-bond acceptors (Lipinski definition) is 4. The molecule has 1 aromatic heterocycles. The summed E-state index contributed by atoms with van der Waals surface area (Å²) in [6, 6.07) is 0. The molecule has 1 heterocycles. The van der Waals surface area contributed by atoms with Crippen LogP contribution in [-0.4, -0.2) is 12.0 Å². The Morgan fingerprint density at radius 2 is 2.29 bits per heavy atom. The molecule has 0 aliphatic rings. The highest BCUT2D eigenvalue weighted by molar-refractivity contribution is 6.32. The van der Waals surface area contributed by atoms with Crippen LogP contribution in [0.4, 0.5) is 10.2 Å². The second-order valence-corrected chi connectivity index (χ2v) is 2.61. The third kappa shape index (κ3) is 1.53. The molecule has 6 nitrogen and oxygen atoms in total. The topological polar surface area (TPSA) is 79.3 Å². The lowest BCUT2D eigenvalue weighted by Crippen LogP contribution is -2.31. The number of nitrogens with zero attached hydrogens (tertiary/aromatic N) is 2. The van der Waals surface area contributed by atoms with E-state index in [0.717, 1.165) is 7.11 Å². The van der Waals surface area contributed by atoms with Gasteiger partial charge in [0.1, 0.15) is 9.95 Å². The highest BCUT2D eigenvalue weighted by Crippen LogP contribution is 2.29. The van der Waals surface area contributed by atoms with Crippen molar-refractivity contribution in [2.24, 2.45) is 0 Å². The summed E-state index contributed by atoms with van der Waals surface area (Å²) in [4.78, 5) is 9.08. The van der Waals surface area contributed by atoms with E-state index in [-0.39, 0.29) is 10.5 Å². The lowest BCUT2D eigenvalue weighted by molar-refractivity contribution is -0.667. The Hall–Kier alpha value is -1.63. The number of aromatic nitrogens is 1. The molecule has 0 aliphatic heterocycles. The summed E-state index contributed by atoms with van der Waals surface area (Å²) >= 11 is 5.36. The smallest absolute Gasteiger partial charge is 0.550 e. The Kier molecular flexibility index (Phi) is 2.70. The maximum Gasteiger partial charge on any atom is 0.550 e. The summed E-state index contributed by atoms with van der Waals surface area (Å²) in [5.41, 5.74) is 0. The van der Waals surface area contributed by atoms with Crippen molar-refractivity contribution < 1.29 is 18.8 Å². The molecule has 1 rings (SSSR count). The van der Waals surface area contributed by atoms with Crippen molar-refractivity contribution in [2.75, 3.05) is 7.11 Å². The lowest BCUT2D eigenvalue weighted by Gasteiger charge is -2.03. The lowest BCUT2D eigenvalue weighted by atomic mass is 10.4. The Bertz CT molecular complexity index is 398. The van der Waals surface area contributed by atoms with Gasteiger partial charge in [-0.05, 0) is 0 Å². The van der Waals surface area contributed by atoms with Gasteiger partial charge in [0, 0.05) is 0 Å². The largest absolute Gasteiger partial charge is 0.614 e. The van der Waals surface area contributed by atoms with Gasteiger partial charge in [-0.25, -0.2) is 0 Å². The molecule has 0 fully saturated rings. The Labute approximate surface area is 82.2 Å². The average molecular weight is 223 g/mol. The molecule has 0 aliphatic carbocycles. The van der Waals surface area contributed by atoms with Gasteiger partial charge in [0.25, 0.3) is 5.82 Å². The summed E-state index contributed by atoms with van der Waals surface area (Å²) in [5, 5.41) is 20.6. The first-order valence-electron chi connectivity index (χ1n) is 3.28. The number of methoxy groups -OCH3 is 1. The molecule has 0 saturated heterocycles. The standard InChI is InChI=1S/C6H4ClFN2O4/c1-14-3-2-9(11)6(10(12)13)5(8)4(3)7/h2H,1H3. The summed E-state index contributed by atoms with van der Waals surface area (Å²) in [7, 11) is 1.16. The predicted molar refractivity (Wildman–Crippen MR) is 43.6 cm³/mol. The summed E-state index contributed by atoms with van der Waals surface area (Å²) in [5.74, 6) is -2.92. The van der Waals surface area contributed by atoms with Crippen molar-refractivity contribution in [2.45, 2.75) is 0 Å². The van der Waals surface area contributed by atoms with Crippen molar-refractivity contribution >= 4 is 17.4 Å². The Balaban J connectivity index is 3.49. The van der Waals surface area contributed by atoms with Gasteiger partial charge in [-0.3, -0.25) is 10.1 Å². The molecule has 76 valence electrons. The van der Waals surface area contributed by atoms with Crippen LogP contribution in [0.5, 0.6) is 5.75 Å². The van der Waals surface area contributed by atoms with E-state index < -0.39 is 21.6 Å². The Morgan fingerprint density at radius 3 is 2.71 bits per heavy atom. The molecule has 0 N–H and O–H groups in total. The minimum absolute atomic E-state index is 0.250.